The molecule has 4 heteroatoms. The average molecular weight is 379 g/mol. The summed E-state index contributed by atoms with van der Waals surface area (Å²) in [6, 6.07) is 23.2. The molecular formula is C23H26N2OS. The normalized spacial score (nSPS) is 13.1. The first kappa shape index (κ1) is 19.5. The zero-order valence-electron chi connectivity index (χ0n) is 16.3. The summed E-state index contributed by atoms with van der Waals surface area (Å²) in [5.74, 6) is 0. The van der Waals surface area contributed by atoms with Crippen molar-refractivity contribution in [2.45, 2.75) is 17.9 Å². The van der Waals surface area contributed by atoms with E-state index in [1.54, 1.807) is 11.8 Å². The summed E-state index contributed by atoms with van der Waals surface area (Å²) in [6.07, 6.45) is 2.09. The van der Waals surface area contributed by atoms with Gasteiger partial charge in [0, 0.05) is 22.6 Å². The van der Waals surface area contributed by atoms with Crippen LogP contribution in [0.3, 0.4) is 0 Å². The Morgan fingerprint density at radius 3 is 2.41 bits per heavy atom. The number of fused-ring (bicyclic) bond motifs is 1. The highest BCUT2D eigenvalue weighted by atomic mass is 32.2. The van der Waals surface area contributed by atoms with E-state index in [1.165, 1.54) is 15.7 Å². The van der Waals surface area contributed by atoms with Gasteiger partial charge in [0.25, 0.3) is 0 Å². The molecule has 0 aliphatic heterocycles. The van der Waals surface area contributed by atoms with Crippen molar-refractivity contribution in [1.29, 1.82) is 0 Å². The van der Waals surface area contributed by atoms with Gasteiger partial charge in [0.05, 0.1) is 0 Å². The predicted octanol–water partition coefficient (Wildman–Crippen LogP) is 5.28. The minimum Gasteiger partial charge on any atom is -0.391 e. The fourth-order valence-electron chi connectivity index (χ4n) is 3.13. The fraction of sp³-hybridized carbons (Fsp3) is 0.261. The quantitative estimate of drug-likeness (QED) is 0.318. The summed E-state index contributed by atoms with van der Waals surface area (Å²) in [6.45, 7) is 2.86. The first-order chi connectivity index (χ1) is 13.1. The van der Waals surface area contributed by atoms with E-state index in [1.807, 2.05) is 21.0 Å². The maximum absolute atomic E-state index is 5.87. The van der Waals surface area contributed by atoms with Crippen LogP contribution in [0.1, 0.15) is 18.1 Å². The molecule has 0 spiro atoms. The summed E-state index contributed by atoms with van der Waals surface area (Å²) in [5.41, 5.74) is 3.01. The van der Waals surface area contributed by atoms with Crippen LogP contribution in [0.25, 0.3) is 10.8 Å². The number of nitrogens with zero attached hydrogens (tertiary/aromatic N) is 2. The van der Waals surface area contributed by atoms with Crippen molar-refractivity contribution in [3.63, 3.8) is 0 Å². The molecule has 0 aliphatic rings. The molecule has 0 aromatic heterocycles. The van der Waals surface area contributed by atoms with Crippen LogP contribution in [0.15, 0.2) is 76.8 Å². The second kappa shape index (κ2) is 9.07. The zero-order valence-corrected chi connectivity index (χ0v) is 17.2. The second-order valence-corrected chi connectivity index (χ2v) is 7.75. The summed E-state index contributed by atoms with van der Waals surface area (Å²) < 4.78 is 0. The molecule has 3 rings (SSSR count). The minimum atomic E-state index is 0.00967. The number of likely N-dealkylation sites (N-methyl/N-ethyl adjacent to an activating group) is 1. The van der Waals surface area contributed by atoms with Gasteiger partial charge in [-0.3, -0.25) is 0 Å². The van der Waals surface area contributed by atoms with Gasteiger partial charge in [-0.25, -0.2) is 0 Å². The molecule has 0 heterocycles. The predicted molar refractivity (Wildman–Crippen MR) is 117 cm³/mol. The Kier molecular flexibility index (Phi) is 6.54. The first-order valence-corrected chi connectivity index (χ1v) is 10.3. The van der Waals surface area contributed by atoms with Gasteiger partial charge in [-0.1, -0.05) is 59.8 Å². The van der Waals surface area contributed by atoms with E-state index in [-0.39, 0.29) is 6.10 Å². The number of thioether (sulfide) groups is 1. The lowest BCUT2D eigenvalue weighted by molar-refractivity contribution is 0.0537. The Labute approximate surface area is 166 Å². The van der Waals surface area contributed by atoms with E-state index in [0.29, 0.717) is 0 Å². The van der Waals surface area contributed by atoms with Crippen molar-refractivity contribution in [3.05, 3.63) is 77.9 Å². The standard InChI is InChI=1S/C23H26N2OS/c1-17(16-25(2)3)26-24-23(19-12-14-20(27-4)15-13-19)22-11-7-9-18-8-5-6-10-21(18)22/h5-15,17H,16H2,1-4H3/b24-23-. The van der Waals surface area contributed by atoms with Crippen LogP contribution < -0.4 is 0 Å². The third-order valence-electron chi connectivity index (χ3n) is 4.35. The smallest absolute Gasteiger partial charge is 0.137 e. The number of oxime groups is 1. The van der Waals surface area contributed by atoms with Gasteiger partial charge < -0.3 is 9.74 Å². The Morgan fingerprint density at radius 2 is 1.70 bits per heavy atom. The van der Waals surface area contributed by atoms with E-state index in [2.05, 4.69) is 83.0 Å². The van der Waals surface area contributed by atoms with Gasteiger partial charge in [-0.05, 0) is 50.2 Å². The van der Waals surface area contributed by atoms with Crippen LogP contribution in [0.2, 0.25) is 0 Å². The Bertz CT molecular complexity index is 914. The van der Waals surface area contributed by atoms with E-state index in [9.17, 15) is 0 Å². The van der Waals surface area contributed by atoms with Gasteiger partial charge in [0.15, 0.2) is 0 Å². The molecule has 0 aliphatic carbocycles. The van der Waals surface area contributed by atoms with Crippen LogP contribution in [-0.2, 0) is 4.84 Å². The summed E-state index contributed by atoms with van der Waals surface area (Å²) in [7, 11) is 4.08. The van der Waals surface area contributed by atoms with Crippen LogP contribution in [0.5, 0.6) is 0 Å². The van der Waals surface area contributed by atoms with E-state index < -0.39 is 0 Å². The Balaban J connectivity index is 2.05. The molecule has 3 aromatic rings. The maximum Gasteiger partial charge on any atom is 0.137 e. The molecule has 0 saturated carbocycles. The lowest BCUT2D eigenvalue weighted by atomic mass is 9.96. The number of hydrogen-bond acceptors (Lipinski definition) is 4. The molecule has 1 unspecified atom stereocenters. The summed E-state index contributed by atoms with van der Waals surface area (Å²) in [4.78, 5) is 9.21. The molecule has 140 valence electrons. The third-order valence-corrected chi connectivity index (χ3v) is 5.10. The molecule has 0 fully saturated rings. The highest BCUT2D eigenvalue weighted by molar-refractivity contribution is 7.98. The van der Waals surface area contributed by atoms with Gasteiger partial charge in [0.2, 0.25) is 0 Å². The van der Waals surface area contributed by atoms with E-state index in [4.69, 9.17) is 4.84 Å². The average Bonchev–Trinajstić information content (AvgIpc) is 2.68. The maximum atomic E-state index is 5.87. The second-order valence-electron chi connectivity index (χ2n) is 6.87. The first-order valence-electron chi connectivity index (χ1n) is 9.09. The SMILES string of the molecule is CSc1ccc(/C(=N/OC(C)CN(C)C)c2cccc3ccccc23)cc1. The minimum absolute atomic E-state index is 0.00967. The van der Waals surface area contributed by atoms with E-state index >= 15 is 0 Å². The third kappa shape index (κ3) is 4.90. The molecule has 27 heavy (non-hydrogen) atoms. The molecular weight excluding hydrogens is 352 g/mol. The molecule has 0 N–H and O–H groups in total. The summed E-state index contributed by atoms with van der Waals surface area (Å²) in [5, 5.41) is 6.98. The zero-order chi connectivity index (χ0) is 19.2. The molecule has 0 amide bonds. The van der Waals surface area contributed by atoms with Crippen molar-refractivity contribution in [3.8, 4) is 0 Å². The molecule has 0 bridgehead atoms. The number of benzene rings is 3. The molecule has 0 saturated heterocycles. The van der Waals surface area contributed by atoms with Crippen LogP contribution in [0, 0.1) is 0 Å². The van der Waals surface area contributed by atoms with Gasteiger partial charge >= 0.3 is 0 Å². The lowest BCUT2D eigenvalue weighted by Gasteiger charge is -2.17. The van der Waals surface area contributed by atoms with Gasteiger partial charge in [0.1, 0.15) is 11.8 Å². The molecule has 3 aromatic carbocycles. The van der Waals surface area contributed by atoms with Crippen LogP contribution in [0.4, 0.5) is 0 Å². The highest BCUT2D eigenvalue weighted by Gasteiger charge is 2.13. The molecule has 0 radical (unpaired) electrons. The van der Waals surface area contributed by atoms with Crippen molar-refractivity contribution in [2.24, 2.45) is 5.16 Å². The van der Waals surface area contributed by atoms with Crippen molar-refractivity contribution >= 4 is 28.2 Å². The van der Waals surface area contributed by atoms with Gasteiger partial charge in [-0.15, -0.1) is 11.8 Å². The number of rotatable bonds is 7. The monoisotopic (exact) mass is 378 g/mol. The Morgan fingerprint density at radius 1 is 1.00 bits per heavy atom. The summed E-state index contributed by atoms with van der Waals surface area (Å²) >= 11 is 1.74. The van der Waals surface area contributed by atoms with Crippen molar-refractivity contribution in [2.75, 3.05) is 26.9 Å². The Hall–Kier alpha value is -2.30. The fourth-order valence-corrected chi connectivity index (χ4v) is 3.54. The van der Waals surface area contributed by atoms with Gasteiger partial charge in [-0.2, -0.15) is 0 Å². The van der Waals surface area contributed by atoms with Crippen LogP contribution >= 0.6 is 11.8 Å². The molecule has 1 atom stereocenters. The topological polar surface area (TPSA) is 24.8 Å². The highest BCUT2D eigenvalue weighted by Crippen LogP contribution is 2.24. The van der Waals surface area contributed by atoms with Crippen molar-refractivity contribution in [1.82, 2.24) is 4.90 Å². The van der Waals surface area contributed by atoms with E-state index in [0.717, 1.165) is 23.4 Å². The number of hydrogen-bond donors (Lipinski definition) is 0. The van der Waals surface area contributed by atoms with Crippen molar-refractivity contribution < 1.29 is 4.84 Å². The van der Waals surface area contributed by atoms with Crippen LogP contribution in [-0.4, -0.2) is 43.6 Å². The largest absolute Gasteiger partial charge is 0.391 e. The molecule has 3 nitrogen and oxygen atoms in total. The lowest BCUT2D eigenvalue weighted by Crippen LogP contribution is -2.25.